The Morgan fingerprint density at radius 3 is 2.32 bits per heavy atom. The van der Waals surface area contributed by atoms with Gasteiger partial charge < -0.3 is 9.31 Å². The second-order valence-corrected chi connectivity index (χ2v) is 6.96. The molecule has 1 saturated heterocycles. The molecule has 1 aliphatic heterocycles. The van der Waals surface area contributed by atoms with Crippen LogP contribution in [0.1, 0.15) is 13.8 Å². The monoisotopic (exact) mass is 366 g/mol. The number of fused-ring (bicyclic) bond motifs is 1. The molecular formula is C15H16BIO2. The lowest BCUT2D eigenvalue weighted by atomic mass is 9.73. The van der Waals surface area contributed by atoms with Crippen LogP contribution in [0.5, 0.6) is 0 Å². The molecule has 19 heavy (non-hydrogen) atoms. The summed E-state index contributed by atoms with van der Waals surface area (Å²) in [4.78, 5) is 0. The second-order valence-electron chi connectivity index (χ2n) is 5.80. The quantitative estimate of drug-likeness (QED) is 0.570. The number of rotatable bonds is 1. The third kappa shape index (κ3) is 2.66. The van der Waals surface area contributed by atoms with Crippen LogP contribution in [0.25, 0.3) is 10.8 Å². The Hall–Kier alpha value is -0.585. The van der Waals surface area contributed by atoms with Crippen LogP contribution < -0.4 is 5.46 Å². The Morgan fingerprint density at radius 2 is 1.63 bits per heavy atom. The van der Waals surface area contributed by atoms with Crippen molar-refractivity contribution in [2.24, 2.45) is 5.41 Å². The van der Waals surface area contributed by atoms with Gasteiger partial charge in [-0.15, -0.1) is 0 Å². The maximum Gasteiger partial charge on any atom is 0.494 e. The van der Waals surface area contributed by atoms with Gasteiger partial charge in [0.05, 0.1) is 0 Å². The van der Waals surface area contributed by atoms with E-state index in [1.165, 1.54) is 14.3 Å². The zero-order chi connectivity index (χ0) is 13.5. The standard InChI is InChI=1S/C15H16BIO2/c1-15(2)9-18-16(19-10-15)13-7-8-14(17)12-6-4-3-5-11(12)13/h3-8H,9-10H2,1-2H3. The molecule has 2 aromatic rings. The molecule has 4 heteroatoms. The minimum Gasteiger partial charge on any atom is -0.407 e. The first-order chi connectivity index (χ1) is 9.07. The first-order valence-electron chi connectivity index (χ1n) is 6.47. The SMILES string of the molecule is CC1(C)COB(c2ccc(I)c3ccccc23)OC1. The van der Waals surface area contributed by atoms with Crippen molar-refractivity contribution in [2.75, 3.05) is 13.2 Å². The highest BCUT2D eigenvalue weighted by Gasteiger charge is 2.34. The van der Waals surface area contributed by atoms with Gasteiger partial charge >= 0.3 is 7.12 Å². The van der Waals surface area contributed by atoms with E-state index in [-0.39, 0.29) is 12.5 Å². The van der Waals surface area contributed by atoms with E-state index in [1.807, 2.05) is 0 Å². The number of hydrogen-bond donors (Lipinski definition) is 0. The predicted octanol–water partition coefficient (Wildman–Crippen LogP) is 3.21. The van der Waals surface area contributed by atoms with Gasteiger partial charge in [-0.05, 0) is 44.9 Å². The van der Waals surface area contributed by atoms with Crippen molar-refractivity contribution in [1.82, 2.24) is 0 Å². The lowest BCUT2D eigenvalue weighted by molar-refractivity contribution is 0.0344. The molecule has 0 spiro atoms. The first kappa shape index (κ1) is 13.4. The average Bonchev–Trinajstić information content (AvgIpc) is 2.40. The predicted molar refractivity (Wildman–Crippen MR) is 87.7 cm³/mol. The fourth-order valence-electron chi connectivity index (χ4n) is 2.36. The van der Waals surface area contributed by atoms with E-state index in [4.69, 9.17) is 9.31 Å². The van der Waals surface area contributed by atoms with Crippen LogP contribution in [0.4, 0.5) is 0 Å². The molecule has 3 rings (SSSR count). The molecule has 98 valence electrons. The molecule has 0 saturated carbocycles. The molecule has 0 atom stereocenters. The maximum atomic E-state index is 5.90. The molecule has 1 fully saturated rings. The Kier molecular flexibility index (Phi) is 3.58. The lowest BCUT2D eigenvalue weighted by Gasteiger charge is -2.33. The van der Waals surface area contributed by atoms with Crippen molar-refractivity contribution in [3.8, 4) is 0 Å². The third-order valence-corrected chi connectivity index (χ3v) is 4.35. The highest BCUT2D eigenvalue weighted by molar-refractivity contribution is 14.1. The summed E-state index contributed by atoms with van der Waals surface area (Å²) in [5, 5.41) is 2.48. The summed E-state index contributed by atoms with van der Waals surface area (Å²) in [6.07, 6.45) is 0. The van der Waals surface area contributed by atoms with Gasteiger partial charge in [-0.3, -0.25) is 0 Å². The average molecular weight is 366 g/mol. The molecule has 0 aromatic heterocycles. The molecular weight excluding hydrogens is 350 g/mol. The van der Waals surface area contributed by atoms with E-state index in [1.54, 1.807) is 0 Å². The fourth-order valence-corrected chi connectivity index (χ4v) is 3.01. The van der Waals surface area contributed by atoms with E-state index in [2.05, 4.69) is 72.8 Å². The summed E-state index contributed by atoms with van der Waals surface area (Å²) in [7, 11) is -0.241. The van der Waals surface area contributed by atoms with Crippen molar-refractivity contribution >= 4 is 45.9 Å². The molecule has 0 radical (unpaired) electrons. The van der Waals surface area contributed by atoms with Crippen molar-refractivity contribution in [3.63, 3.8) is 0 Å². The van der Waals surface area contributed by atoms with Crippen LogP contribution in [-0.2, 0) is 9.31 Å². The van der Waals surface area contributed by atoms with Gasteiger partial charge in [0, 0.05) is 22.2 Å². The normalized spacial score (nSPS) is 18.8. The van der Waals surface area contributed by atoms with Gasteiger partial charge in [-0.2, -0.15) is 0 Å². The van der Waals surface area contributed by atoms with Crippen molar-refractivity contribution in [2.45, 2.75) is 13.8 Å². The molecule has 0 aliphatic carbocycles. The summed E-state index contributed by atoms with van der Waals surface area (Å²) in [6.45, 7) is 5.79. The van der Waals surface area contributed by atoms with E-state index < -0.39 is 0 Å². The smallest absolute Gasteiger partial charge is 0.407 e. The molecule has 1 aliphatic rings. The van der Waals surface area contributed by atoms with E-state index >= 15 is 0 Å². The Morgan fingerprint density at radius 1 is 1.00 bits per heavy atom. The van der Waals surface area contributed by atoms with Crippen LogP contribution in [0, 0.1) is 8.99 Å². The van der Waals surface area contributed by atoms with Crippen LogP contribution in [-0.4, -0.2) is 20.3 Å². The van der Waals surface area contributed by atoms with Crippen molar-refractivity contribution in [1.29, 1.82) is 0 Å². The highest BCUT2D eigenvalue weighted by atomic mass is 127. The second kappa shape index (κ2) is 5.07. The van der Waals surface area contributed by atoms with Crippen molar-refractivity contribution < 1.29 is 9.31 Å². The first-order valence-corrected chi connectivity index (χ1v) is 7.55. The number of benzene rings is 2. The number of halogens is 1. The zero-order valence-electron chi connectivity index (χ0n) is 11.2. The summed E-state index contributed by atoms with van der Waals surface area (Å²) in [5.74, 6) is 0. The van der Waals surface area contributed by atoms with E-state index in [0.717, 1.165) is 18.7 Å². The third-order valence-electron chi connectivity index (χ3n) is 3.41. The van der Waals surface area contributed by atoms with E-state index in [9.17, 15) is 0 Å². The Bertz CT molecular complexity index is 602. The zero-order valence-corrected chi connectivity index (χ0v) is 13.3. The molecule has 2 nitrogen and oxygen atoms in total. The van der Waals surface area contributed by atoms with Gasteiger partial charge in [0.2, 0.25) is 0 Å². The van der Waals surface area contributed by atoms with Gasteiger partial charge in [0.1, 0.15) is 0 Å². The van der Waals surface area contributed by atoms with Gasteiger partial charge in [-0.1, -0.05) is 44.2 Å². The summed E-state index contributed by atoms with van der Waals surface area (Å²) in [5.41, 5.74) is 1.24. The summed E-state index contributed by atoms with van der Waals surface area (Å²) in [6, 6.07) is 12.7. The molecule has 0 bridgehead atoms. The molecule has 0 unspecified atom stereocenters. The molecule has 0 amide bonds. The highest BCUT2D eigenvalue weighted by Crippen LogP contribution is 2.24. The van der Waals surface area contributed by atoms with Crippen LogP contribution in [0.15, 0.2) is 36.4 Å². The molecule has 2 aromatic carbocycles. The Labute approximate surface area is 127 Å². The number of hydrogen-bond acceptors (Lipinski definition) is 2. The van der Waals surface area contributed by atoms with Gasteiger partial charge in [0.15, 0.2) is 0 Å². The lowest BCUT2D eigenvalue weighted by Crippen LogP contribution is -2.47. The van der Waals surface area contributed by atoms with Crippen LogP contribution >= 0.6 is 22.6 Å². The van der Waals surface area contributed by atoms with Gasteiger partial charge in [-0.25, -0.2) is 0 Å². The summed E-state index contributed by atoms with van der Waals surface area (Å²) >= 11 is 2.37. The Balaban J connectivity index is 2.00. The minimum absolute atomic E-state index is 0.107. The molecule has 0 N–H and O–H groups in total. The van der Waals surface area contributed by atoms with Crippen LogP contribution in [0.3, 0.4) is 0 Å². The largest absolute Gasteiger partial charge is 0.494 e. The van der Waals surface area contributed by atoms with Crippen LogP contribution in [0.2, 0.25) is 0 Å². The fraction of sp³-hybridized carbons (Fsp3) is 0.333. The van der Waals surface area contributed by atoms with Gasteiger partial charge in [0.25, 0.3) is 0 Å². The molecule has 1 heterocycles. The van der Waals surface area contributed by atoms with Crippen molar-refractivity contribution in [3.05, 3.63) is 40.0 Å². The maximum absolute atomic E-state index is 5.90. The summed E-state index contributed by atoms with van der Waals surface area (Å²) < 4.78 is 13.1. The van der Waals surface area contributed by atoms with E-state index in [0.29, 0.717) is 0 Å². The topological polar surface area (TPSA) is 18.5 Å². The minimum atomic E-state index is -0.241.